The number of anilines is 2. The van der Waals surface area contributed by atoms with E-state index < -0.39 is 11.6 Å². The molecule has 0 atom stereocenters. The van der Waals surface area contributed by atoms with E-state index in [-0.39, 0.29) is 17.1 Å². The molecule has 16 heavy (non-hydrogen) atoms. The number of nitrogen functional groups attached to an aromatic ring is 1. The van der Waals surface area contributed by atoms with Crippen LogP contribution in [0.25, 0.3) is 0 Å². The van der Waals surface area contributed by atoms with Crippen LogP contribution in [0.2, 0.25) is 0 Å². The molecule has 1 fully saturated rings. The lowest BCUT2D eigenvalue weighted by Crippen LogP contribution is -2.16. The molecule has 0 saturated heterocycles. The van der Waals surface area contributed by atoms with Crippen molar-refractivity contribution in [3.8, 4) is 0 Å². The van der Waals surface area contributed by atoms with Crippen molar-refractivity contribution >= 4 is 11.6 Å². The van der Waals surface area contributed by atoms with Gasteiger partial charge in [0.05, 0.1) is 0 Å². The van der Waals surface area contributed by atoms with Crippen molar-refractivity contribution in [3.63, 3.8) is 0 Å². The van der Waals surface area contributed by atoms with Crippen molar-refractivity contribution in [2.45, 2.75) is 19.8 Å². The van der Waals surface area contributed by atoms with E-state index in [0.717, 1.165) is 18.9 Å². The molecule has 0 aliphatic heterocycles. The summed E-state index contributed by atoms with van der Waals surface area (Å²) < 4.78 is 26.4. The molecular weight excluding hydrogens is 214 g/mol. The summed E-state index contributed by atoms with van der Waals surface area (Å²) in [5.74, 6) is 3.42. The Balaban J connectivity index is 2.13. The minimum atomic E-state index is -0.803. The van der Waals surface area contributed by atoms with Crippen molar-refractivity contribution in [3.05, 3.63) is 17.7 Å². The Morgan fingerprint density at radius 3 is 2.56 bits per heavy atom. The monoisotopic (exact) mass is 228 g/mol. The fourth-order valence-electron chi connectivity index (χ4n) is 1.38. The third-order valence-corrected chi connectivity index (χ3v) is 2.85. The number of nitrogens with zero attached hydrogens (tertiary/aromatic N) is 1. The van der Waals surface area contributed by atoms with Crippen molar-refractivity contribution < 1.29 is 8.78 Å². The lowest BCUT2D eigenvalue weighted by molar-refractivity contribution is 0.569. The number of rotatable bonds is 4. The Labute approximate surface area is 92.2 Å². The molecule has 1 aliphatic carbocycles. The molecule has 1 aromatic heterocycles. The Hall–Kier alpha value is -1.43. The molecule has 0 amide bonds. The highest BCUT2D eigenvalue weighted by Gasteiger charge is 2.37. The lowest BCUT2D eigenvalue weighted by Gasteiger charge is -2.12. The molecule has 88 valence electrons. The van der Waals surface area contributed by atoms with E-state index in [4.69, 9.17) is 5.84 Å². The normalized spacial score (nSPS) is 17.0. The third-order valence-electron chi connectivity index (χ3n) is 2.85. The van der Waals surface area contributed by atoms with Gasteiger partial charge in [0.15, 0.2) is 23.3 Å². The molecular formula is C10H14F2N4. The zero-order valence-corrected chi connectivity index (χ0v) is 8.98. The van der Waals surface area contributed by atoms with E-state index in [1.807, 2.05) is 0 Å². The van der Waals surface area contributed by atoms with Gasteiger partial charge in [0.1, 0.15) is 0 Å². The average molecular weight is 228 g/mol. The Kier molecular flexibility index (Phi) is 2.67. The first-order chi connectivity index (χ1) is 7.54. The summed E-state index contributed by atoms with van der Waals surface area (Å²) in [5, 5.41) is 2.87. The van der Waals surface area contributed by atoms with Crippen LogP contribution in [0.5, 0.6) is 0 Å². The maximum Gasteiger partial charge on any atom is 0.178 e. The highest BCUT2D eigenvalue weighted by Crippen LogP contribution is 2.44. The van der Waals surface area contributed by atoms with E-state index >= 15 is 0 Å². The number of hydrogen-bond donors (Lipinski definition) is 3. The van der Waals surface area contributed by atoms with Crippen LogP contribution in [0, 0.1) is 17.0 Å². The highest BCUT2D eigenvalue weighted by atomic mass is 19.1. The number of halogens is 2. The number of hydrogen-bond acceptors (Lipinski definition) is 4. The van der Waals surface area contributed by atoms with Gasteiger partial charge in [-0.25, -0.2) is 19.6 Å². The summed E-state index contributed by atoms with van der Waals surface area (Å²) in [6, 6.07) is 0.764. The largest absolute Gasteiger partial charge is 0.367 e. The fourth-order valence-corrected chi connectivity index (χ4v) is 1.38. The Morgan fingerprint density at radius 2 is 2.00 bits per heavy atom. The van der Waals surface area contributed by atoms with Crippen LogP contribution in [0.15, 0.2) is 6.07 Å². The van der Waals surface area contributed by atoms with Crippen LogP contribution in [0.1, 0.15) is 19.8 Å². The molecule has 4 nitrogen and oxygen atoms in total. The molecule has 0 spiro atoms. The Morgan fingerprint density at radius 1 is 1.38 bits per heavy atom. The molecule has 0 unspecified atom stereocenters. The standard InChI is InChI=1S/C10H14F2N4/c1-10(2-3-10)5-14-8-6(11)4-7(12)9(15-8)16-13/h4H,2-3,5,13H2,1H3,(H2,14,15,16). The van der Waals surface area contributed by atoms with Gasteiger partial charge in [-0.05, 0) is 18.3 Å². The smallest absolute Gasteiger partial charge is 0.178 e. The third kappa shape index (κ3) is 2.21. The molecule has 4 N–H and O–H groups in total. The van der Waals surface area contributed by atoms with E-state index in [1.54, 1.807) is 0 Å². The summed E-state index contributed by atoms with van der Waals surface area (Å²) >= 11 is 0. The quantitative estimate of drug-likeness (QED) is 0.543. The predicted molar refractivity (Wildman–Crippen MR) is 57.8 cm³/mol. The molecule has 1 saturated carbocycles. The van der Waals surface area contributed by atoms with Crippen LogP contribution in [-0.4, -0.2) is 11.5 Å². The van der Waals surface area contributed by atoms with Crippen molar-refractivity contribution in [1.29, 1.82) is 0 Å². The maximum atomic E-state index is 13.3. The first-order valence-electron chi connectivity index (χ1n) is 5.11. The van der Waals surface area contributed by atoms with Gasteiger partial charge in [-0.2, -0.15) is 0 Å². The van der Waals surface area contributed by atoms with Crippen LogP contribution in [0.4, 0.5) is 20.4 Å². The molecule has 0 radical (unpaired) electrons. The number of hydrazine groups is 1. The van der Waals surface area contributed by atoms with Crippen molar-refractivity contribution in [2.75, 3.05) is 17.3 Å². The van der Waals surface area contributed by atoms with Crippen LogP contribution >= 0.6 is 0 Å². The van der Waals surface area contributed by atoms with Gasteiger partial charge in [-0.1, -0.05) is 6.92 Å². The van der Waals surface area contributed by atoms with E-state index in [2.05, 4.69) is 22.7 Å². The summed E-state index contributed by atoms with van der Waals surface area (Å²) in [6.45, 7) is 2.73. The van der Waals surface area contributed by atoms with Crippen LogP contribution in [-0.2, 0) is 0 Å². The molecule has 6 heteroatoms. The maximum absolute atomic E-state index is 13.3. The SMILES string of the molecule is CC1(CNc2nc(NN)c(F)cc2F)CC1. The summed E-state index contributed by atoms with van der Waals surface area (Å²) in [5.41, 5.74) is 2.30. The van der Waals surface area contributed by atoms with E-state index in [0.29, 0.717) is 6.54 Å². The average Bonchev–Trinajstić information content (AvgIpc) is 2.96. The van der Waals surface area contributed by atoms with Gasteiger partial charge in [0.2, 0.25) is 0 Å². The number of pyridine rings is 1. The summed E-state index contributed by atoms with van der Waals surface area (Å²) in [7, 11) is 0. The van der Waals surface area contributed by atoms with Crippen LogP contribution in [0.3, 0.4) is 0 Å². The van der Waals surface area contributed by atoms with Gasteiger partial charge < -0.3 is 10.7 Å². The Bertz CT molecular complexity index is 404. The van der Waals surface area contributed by atoms with Gasteiger partial charge in [0, 0.05) is 12.6 Å². The molecule has 1 heterocycles. The first-order valence-corrected chi connectivity index (χ1v) is 5.11. The lowest BCUT2D eigenvalue weighted by atomic mass is 10.1. The first kappa shape index (κ1) is 11.1. The minimum absolute atomic E-state index is 0.0301. The van der Waals surface area contributed by atoms with E-state index in [1.165, 1.54) is 0 Å². The van der Waals surface area contributed by atoms with E-state index in [9.17, 15) is 8.78 Å². The van der Waals surface area contributed by atoms with Gasteiger partial charge in [0.25, 0.3) is 0 Å². The van der Waals surface area contributed by atoms with Gasteiger partial charge in [-0.3, -0.25) is 0 Å². The van der Waals surface area contributed by atoms with Crippen LogP contribution < -0.4 is 16.6 Å². The zero-order chi connectivity index (χ0) is 11.8. The molecule has 0 aromatic carbocycles. The topological polar surface area (TPSA) is 63.0 Å². The second-order valence-corrected chi connectivity index (χ2v) is 4.46. The predicted octanol–water partition coefficient (Wildman–Crippen LogP) is 1.86. The van der Waals surface area contributed by atoms with Gasteiger partial charge >= 0.3 is 0 Å². The zero-order valence-electron chi connectivity index (χ0n) is 8.98. The number of nitrogens with two attached hydrogens (primary N) is 1. The molecule has 1 aliphatic rings. The number of aromatic nitrogens is 1. The summed E-state index contributed by atoms with van der Waals surface area (Å²) in [4.78, 5) is 3.72. The van der Waals surface area contributed by atoms with Gasteiger partial charge in [-0.15, -0.1) is 0 Å². The fraction of sp³-hybridized carbons (Fsp3) is 0.500. The number of nitrogens with one attached hydrogen (secondary N) is 2. The second-order valence-electron chi connectivity index (χ2n) is 4.46. The molecule has 0 bridgehead atoms. The second kappa shape index (κ2) is 3.86. The van der Waals surface area contributed by atoms with Crippen molar-refractivity contribution in [1.82, 2.24) is 4.98 Å². The molecule has 2 rings (SSSR count). The summed E-state index contributed by atoms with van der Waals surface area (Å²) in [6.07, 6.45) is 2.23. The molecule has 1 aromatic rings. The highest BCUT2D eigenvalue weighted by molar-refractivity contribution is 5.47. The van der Waals surface area contributed by atoms with Crippen molar-refractivity contribution in [2.24, 2.45) is 11.3 Å². The minimum Gasteiger partial charge on any atom is -0.367 e.